The molecule has 42 heavy (non-hydrogen) atoms. The van der Waals surface area contributed by atoms with E-state index in [1.807, 2.05) is 0 Å². The fourth-order valence-electron chi connectivity index (χ4n) is 5.22. The molecule has 1 aliphatic carbocycles. The summed E-state index contributed by atoms with van der Waals surface area (Å²) in [7, 11) is -2.16. The Kier molecular flexibility index (Phi) is 9.11. The third kappa shape index (κ3) is 7.01. The van der Waals surface area contributed by atoms with Crippen molar-refractivity contribution in [2.24, 2.45) is 0 Å². The Balaban J connectivity index is 0.000000612. The predicted octanol–water partition coefficient (Wildman–Crippen LogP) is 3.89. The molecule has 2 fully saturated rings. The summed E-state index contributed by atoms with van der Waals surface area (Å²) in [6, 6.07) is 8.88. The summed E-state index contributed by atoms with van der Waals surface area (Å²) in [5.74, 6) is -3.37. The Bertz CT molecular complexity index is 1520. The number of anilines is 1. The fraction of sp³-hybridized carbons (Fsp3) is 0.481. The van der Waals surface area contributed by atoms with Crippen LogP contribution in [0, 0.1) is 0 Å². The minimum absolute atomic E-state index is 0.105. The van der Waals surface area contributed by atoms with E-state index in [4.69, 9.17) is 9.29 Å². The Morgan fingerprint density at radius 3 is 2.38 bits per heavy atom. The molecule has 15 heteroatoms. The van der Waals surface area contributed by atoms with Gasteiger partial charge in [-0.2, -0.15) is 13.5 Å². The van der Waals surface area contributed by atoms with Gasteiger partial charge in [0, 0.05) is 19.3 Å². The van der Waals surface area contributed by atoms with Crippen LogP contribution in [0.15, 0.2) is 42.6 Å². The van der Waals surface area contributed by atoms with E-state index in [0.29, 0.717) is 22.3 Å². The molecule has 5 rings (SSSR count). The van der Waals surface area contributed by atoms with Gasteiger partial charge in [-0.3, -0.25) is 19.2 Å². The van der Waals surface area contributed by atoms with E-state index in [2.05, 4.69) is 20.5 Å². The lowest BCUT2D eigenvalue weighted by molar-refractivity contribution is -0.146. The highest BCUT2D eigenvalue weighted by Crippen LogP contribution is 2.47. The average Bonchev–Trinajstić information content (AvgIpc) is 3.59. The number of carbonyl (C=O) groups excluding carboxylic acids is 2. The number of ether oxygens (including phenoxy) is 1. The third-order valence-corrected chi connectivity index (χ3v) is 8.34. The van der Waals surface area contributed by atoms with Gasteiger partial charge in [0.05, 0.1) is 36.5 Å². The maximum atomic E-state index is 14.6. The van der Waals surface area contributed by atoms with Crippen molar-refractivity contribution in [3.8, 4) is 5.75 Å². The second-order valence-corrected chi connectivity index (χ2v) is 12.1. The Morgan fingerprint density at radius 1 is 1.14 bits per heavy atom. The number of alkyl halides is 3. The van der Waals surface area contributed by atoms with Gasteiger partial charge in [0.1, 0.15) is 29.3 Å². The average molecular weight is 612 g/mol. The van der Waals surface area contributed by atoms with E-state index in [1.54, 1.807) is 36.4 Å². The summed E-state index contributed by atoms with van der Waals surface area (Å²) in [5.41, 5.74) is 0.490. The van der Waals surface area contributed by atoms with Gasteiger partial charge in [0.2, 0.25) is 17.7 Å². The number of pyridine rings is 1. The molecule has 11 nitrogen and oxygen atoms in total. The molecule has 1 saturated carbocycles. The van der Waals surface area contributed by atoms with Gasteiger partial charge < -0.3 is 15.0 Å². The number of aromatic amines is 1. The number of carbonyl (C=O) groups is 2. The van der Waals surface area contributed by atoms with Gasteiger partial charge >= 0.3 is 0 Å². The van der Waals surface area contributed by atoms with Crippen LogP contribution in [0.5, 0.6) is 5.75 Å². The minimum atomic E-state index is -3.66. The third-order valence-electron chi connectivity index (χ3n) is 7.61. The van der Waals surface area contributed by atoms with Crippen LogP contribution in [0.4, 0.5) is 19.0 Å². The van der Waals surface area contributed by atoms with Gasteiger partial charge in [0.15, 0.2) is 0 Å². The van der Waals surface area contributed by atoms with Crippen molar-refractivity contribution in [1.29, 1.82) is 0 Å². The van der Waals surface area contributed by atoms with E-state index >= 15 is 0 Å². The van der Waals surface area contributed by atoms with E-state index in [0.717, 1.165) is 0 Å². The first-order valence-corrected chi connectivity index (χ1v) is 14.9. The zero-order chi connectivity index (χ0) is 30.7. The zero-order valence-corrected chi connectivity index (χ0v) is 23.8. The number of nitrogens with one attached hydrogen (secondary N) is 2. The monoisotopic (exact) mass is 611 g/mol. The molecule has 0 bridgehead atoms. The standard InChI is InChI=1S/C25H26F3N5O3.C2H6O3S/c1-36-17-4-2-15(3-5-17)24(8-10-25(27,28)11-9-24)23(35)33-14-16(26)12-20(33)22(34)31-21-7-6-18-19(30-21)13-29-32-18;1-2-6(3,4)5/h2-7,13,16,20H,8-12,14H2,1H3,(H,29,32)(H,30,31,34);2H2,1H3,(H,3,4,5)/t16-,20-;/m1./s1. The summed E-state index contributed by atoms with van der Waals surface area (Å²) in [6.45, 7) is 1.09. The number of aromatic nitrogens is 3. The van der Waals surface area contributed by atoms with Crippen LogP contribution in [0.3, 0.4) is 0 Å². The molecule has 3 N–H and O–H groups in total. The summed E-state index contributed by atoms with van der Waals surface area (Å²) in [6.07, 6.45) is -1.23. The van der Waals surface area contributed by atoms with Crippen molar-refractivity contribution in [3.05, 3.63) is 48.2 Å². The normalized spacial score (nSPS) is 21.3. The van der Waals surface area contributed by atoms with Crippen molar-refractivity contribution in [3.63, 3.8) is 0 Å². The minimum Gasteiger partial charge on any atom is -0.497 e. The molecule has 2 atom stereocenters. The van der Waals surface area contributed by atoms with Crippen molar-refractivity contribution >= 4 is 38.8 Å². The summed E-state index contributed by atoms with van der Waals surface area (Å²) in [5, 5.41) is 9.32. The number of benzene rings is 1. The summed E-state index contributed by atoms with van der Waals surface area (Å²) in [4.78, 5) is 32.7. The number of hydrogen-bond acceptors (Lipinski definition) is 7. The molecule has 2 aromatic heterocycles. The first-order chi connectivity index (χ1) is 19.8. The maximum absolute atomic E-state index is 14.6. The van der Waals surface area contributed by atoms with Crippen molar-refractivity contribution in [1.82, 2.24) is 20.1 Å². The van der Waals surface area contributed by atoms with E-state index in [-0.39, 0.29) is 37.4 Å². The SMILES string of the molecule is CCS(=O)(=O)O.COc1ccc(C2(C(=O)N3C[C@H](F)C[C@@H]3C(=O)Nc3ccc4[nH]ncc4n3)CCC(F)(F)CC2)cc1. The number of hydrogen-bond donors (Lipinski definition) is 3. The highest BCUT2D eigenvalue weighted by atomic mass is 32.2. The smallest absolute Gasteiger partial charge is 0.264 e. The van der Waals surface area contributed by atoms with Gasteiger partial charge in [-0.25, -0.2) is 18.2 Å². The zero-order valence-electron chi connectivity index (χ0n) is 23.0. The molecule has 0 radical (unpaired) electrons. The number of amides is 2. The lowest BCUT2D eigenvalue weighted by Crippen LogP contribution is -2.54. The summed E-state index contributed by atoms with van der Waals surface area (Å²) < 4.78 is 75.0. The van der Waals surface area contributed by atoms with Crippen LogP contribution in [-0.4, -0.2) is 82.4 Å². The van der Waals surface area contributed by atoms with Gasteiger partial charge in [0.25, 0.3) is 10.1 Å². The second-order valence-electron chi connectivity index (χ2n) is 10.3. The largest absolute Gasteiger partial charge is 0.497 e. The molecular formula is C27H32F3N5O6S. The van der Waals surface area contributed by atoms with Gasteiger partial charge in [-0.15, -0.1) is 0 Å². The molecule has 1 saturated heterocycles. The number of rotatable bonds is 6. The van der Waals surface area contributed by atoms with Crippen LogP contribution in [-0.2, 0) is 25.1 Å². The quantitative estimate of drug-likeness (QED) is 0.355. The molecule has 2 amide bonds. The Hall–Kier alpha value is -3.72. The predicted molar refractivity (Wildman–Crippen MR) is 148 cm³/mol. The highest BCUT2D eigenvalue weighted by Gasteiger charge is 2.53. The highest BCUT2D eigenvalue weighted by molar-refractivity contribution is 7.85. The lowest BCUT2D eigenvalue weighted by Gasteiger charge is -2.42. The Labute approximate surface area is 240 Å². The van der Waals surface area contributed by atoms with Gasteiger partial charge in [-0.1, -0.05) is 12.1 Å². The summed E-state index contributed by atoms with van der Waals surface area (Å²) >= 11 is 0. The number of nitrogens with zero attached hydrogens (tertiary/aromatic N) is 3. The van der Waals surface area contributed by atoms with Crippen molar-refractivity contribution < 1.29 is 40.5 Å². The van der Waals surface area contributed by atoms with Crippen LogP contribution >= 0.6 is 0 Å². The molecule has 1 aromatic carbocycles. The molecule has 3 aromatic rings. The molecule has 0 spiro atoms. The molecule has 3 heterocycles. The van der Waals surface area contributed by atoms with E-state index in [1.165, 1.54) is 25.1 Å². The topological polar surface area (TPSA) is 155 Å². The number of likely N-dealkylation sites (tertiary alicyclic amines) is 1. The lowest BCUT2D eigenvalue weighted by atomic mass is 9.67. The van der Waals surface area contributed by atoms with Crippen LogP contribution in [0.25, 0.3) is 11.0 Å². The molecular weight excluding hydrogens is 579 g/mol. The number of halogens is 3. The van der Waals surface area contributed by atoms with Crippen molar-refractivity contribution in [2.75, 3.05) is 24.7 Å². The second kappa shape index (κ2) is 12.3. The maximum Gasteiger partial charge on any atom is 0.264 e. The number of methoxy groups -OCH3 is 1. The number of H-pyrrole nitrogens is 1. The van der Waals surface area contributed by atoms with Crippen molar-refractivity contribution in [2.45, 2.75) is 62.6 Å². The number of fused-ring (bicyclic) bond motifs is 1. The van der Waals surface area contributed by atoms with E-state index < -0.39 is 58.3 Å². The van der Waals surface area contributed by atoms with Crippen LogP contribution in [0.1, 0.15) is 44.6 Å². The van der Waals surface area contributed by atoms with Gasteiger partial charge in [-0.05, 0) is 49.6 Å². The van der Waals surface area contributed by atoms with E-state index in [9.17, 15) is 31.2 Å². The molecule has 0 unspecified atom stereocenters. The first-order valence-electron chi connectivity index (χ1n) is 13.3. The van der Waals surface area contributed by atoms with Crippen LogP contribution in [0.2, 0.25) is 0 Å². The molecule has 228 valence electrons. The fourth-order valence-corrected chi connectivity index (χ4v) is 5.22. The molecule has 1 aliphatic heterocycles. The molecule has 2 aliphatic rings. The Morgan fingerprint density at radius 2 is 1.79 bits per heavy atom. The van der Waals surface area contributed by atoms with Crippen LogP contribution < -0.4 is 10.1 Å². The first kappa shape index (κ1) is 31.2.